The normalized spacial score (nSPS) is 18.8. The van der Waals surface area contributed by atoms with Crippen molar-refractivity contribution in [3.8, 4) is 0 Å². The molecular formula is C21H27ClFN5O2. The molecule has 1 fully saturated rings. The lowest BCUT2D eigenvalue weighted by atomic mass is 9.91. The summed E-state index contributed by atoms with van der Waals surface area (Å²) in [5.41, 5.74) is 0.578. The third-order valence-electron chi connectivity index (χ3n) is 5.62. The summed E-state index contributed by atoms with van der Waals surface area (Å²) >= 11 is 6.00. The Hall–Kier alpha value is -2.48. The van der Waals surface area contributed by atoms with E-state index in [0.29, 0.717) is 18.8 Å². The molecule has 0 unspecified atom stereocenters. The highest BCUT2D eigenvalue weighted by Gasteiger charge is 2.26. The predicted molar refractivity (Wildman–Crippen MR) is 112 cm³/mol. The second-order valence-electron chi connectivity index (χ2n) is 7.51. The zero-order valence-electron chi connectivity index (χ0n) is 17.3. The van der Waals surface area contributed by atoms with Gasteiger partial charge in [0.05, 0.1) is 18.7 Å². The number of nitrogens with zero attached hydrogens (tertiary/aromatic N) is 4. The van der Waals surface area contributed by atoms with Crippen LogP contribution in [0.1, 0.15) is 61.6 Å². The summed E-state index contributed by atoms with van der Waals surface area (Å²) in [6.07, 6.45) is 4.82. The lowest BCUT2D eigenvalue weighted by Crippen LogP contribution is -2.39. The summed E-state index contributed by atoms with van der Waals surface area (Å²) in [6, 6.07) is 4.57. The molecule has 162 valence electrons. The smallest absolute Gasteiger partial charge is 0.276 e. The average Bonchev–Trinajstić information content (AvgIpc) is 3.22. The summed E-state index contributed by atoms with van der Waals surface area (Å²) in [5, 5.41) is 11.4. The Balaban J connectivity index is 1.52. The second kappa shape index (κ2) is 10.0. The minimum atomic E-state index is -0.470. The summed E-state index contributed by atoms with van der Waals surface area (Å²) in [4.78, 5) is 26.4. The van der Waals surface area contributed by atoms with Crippen LogP contribution in [0, 0.1) is 5.82 Å². The van der Waals surface area contributed by atoms with Gasteiger partial charge >= 0.3 is 0 Å². The Morgan fingerprint density at radius 1 is 1.23 bits per heavy atom. The highest BCUT2D eigenvalue weighted by molar-refractivity contribution is 6.31. The monoisotopic (exact) mass is 435 g/mol. The van der Waals surface area contributed by atoms with Gasteiger partial charge in [0, 0.05) is 29.7 Å². The van der Waals surface area contributed by atoms with Crippen molar-refractivity contribution in [2.24, 2.45) is 0 Å². The van der Waals surface area contributed by atoms with Gasteiger partial charge in [-0.05, 0) is 51.7 Å². The van der Waals surface area contributed by atoms with Gasteiger partial charge in [-0.2, -0.15) is 0 Å². The number of amides is 2. The molecule has 0 bridgehead atoms. The van der Waals surface area contributed by atoms with Crippen LogP contribution >= 0.6 is 11.6 Å². The number of aromatic nitrogens is 3. The third-order valence-corrected chi connectivity index (χ3v) is 5.97. The van der Waals surface area contributed by atoms with E-state index >= 15 is 0 Å². The minimum absolute atomic E-state index is 0.0274. The Kier molecular flexibility index (Phi) is 7.42. The molecule has 3 rings (SSSR count). The van der Waals surface area contributed by atoms with E-state index in [1.54, 1.807) is 21.8 Å². The fourth-order valence-electron chi connectivity index (χ4n) is 3.85. The molecule has 0 saturated heterocycles. The molecule has 0 spiro atoms. The topological polar surface area (TPSA) is 80.1 Å². The summed E-state index contributed by atoms with van der Waals surface area (Å²) in [6.45, 7) is 5.12. The van der Waals surface area contributed by atoms with Crippen molar-refractivity contribution >= 4 is 23.4 Å². The zero-order chi connectivity index (χ0) is 21.7. The maximum Gasteiger partial charge on any atom is 0.276 e. The Bertz CT molecular complexity index is 871. The van der Waals surface area contributed by atoms with E-state index in [1.807, 2.05) is 13.8 Å². The van der Waals surface area contributed by atoms with Gasteiger partial charge in [-0.3, -0.25) is 9.59 Å². The number of hydrogen-bond acceptors (Lipinski definition) is 4. The Morgan fingerprint density at radius 2 is 1.93 bits per heavy atom. The van der Waals surface area contributed by atoms with Crippen LogP contribution < -0.4 is 5.32 Å². The molecule has 1 aromatic carbocycles. The van der Waals surface area contributed by atoms with Crippen molar-refractivity contribution in [2.75, 3.05) is 13.1 Å². The van der Waals surface area contributed by atoms with E-state index in [0.717, 1.165) is 25.7 Å². The second-order valence-corrected chi connectivity index (χ2v) is 7.92. The van der Waals surface area contributed by atoms with Gasteiger partial charge in [-0.15, -0.1) is 5.10 Å². The first-order valence-electron chi connectivity index (χ1n) is 10.4. The SMILES string of the molecule is CCN(CC)C(=O)c1cn([C@H]2CC[C@@H](NC(=O)Cc3c(F)cccc3Cl)CC2)nn1. The fourth-order valence-corrected chi connectivity index (χ4v) is 4.08. The van der Waals surface area contributed by atoms with Gasteiger partial charge in [-0.1, -0.05) is 22.9 Å². The van der Waals surface area contributed by atoms with Gasteiger partial charge in [0.15, 0.2) is 5.69 Å². The van der Waals surface area contributed by atoms with E-state index in [1.165, 1.54) is 12.1 Å². The summed E-state index contributed by atoms with van der Waals surface area (Å²) < 4.78 is 15.6. The molecule has 7 nitrogen and oxygen atoms in total. The standard InChI is InChI=1S/C21H27ClFN5O2/c1-3-27(4-2)21(30)19-13-28(26-25-19)15-10-8-14(9-11-15)24-20(29)12-16-17(22)6-5-7-18(16)23/h5-7,13-15H,3-4,8-12H2,1-2H3,(H,24,29)/t14-,15+. The van der Waals surface area contributed by atoms with Crippen LogP contribution in [0.15, 0.2) is 24.4 Å². The van der Waals surface area contributed by atoms with Gasteiger partial charge in [-0.25, -0.2) is 9.07 Å². The first kappa shape index (κ1) is 22.2. The molecule has 1 saturated carbocycles. The van der Waals surface area contributed by atoms with Crippen molar-refractivity contribution < 1.29 is 14.0 Å². The molecule has 1 heterocycles. The number of benzene rings is 1. The van der Waals surface area contributed by atoms with Gasteiger partial charge in [0.25, 0.3) is 5.91 Å². The van der Waals surface area contributed by atoms with Crippen LogP contribution in [0.3, 0.4) is 0 Å². The number of carbonyl (C=O) groups excluding carboxylic acids is 2. The van der Waals surface area contributed by atoms with Gasteiger partial charge in [0.1, 0.15) is 5.82 Å². The third kappa shape index (κ3) is 5.16. The fraction of sp³-hybridized carbons (Fsp3) is 0.524. The first-order valence-corrected chi connectivity index (χ1v) is 10.7. The first-order chi connectivity index (χ1) is 14.4. The van der Waals surface area contributed by atoms with Gasteiger partial charge < -0.3 is 10.2 Å². The van der Waals surface area contributed by atoms with Crippen LogP contribution in [0.2, 0.25) is 5.02 Å². The highest BCUT2D eigenvalue weighted by Crippen LogP contribution is 2.28. The van der Waals surface area contributed by atoms with Crippen LogP contribution in [-0.2, 0) is 11.2 Å². The van der Waals surface area contributed by atoms with Crippen molar-refractivity contribution in [2.45, 2.75) is 58.0 Å². The Labute approximate surface area is 180 Å². The highest BCUT2D eigenvalue weighted by atomic mass is 35.5. The molecule has 1 aliphatic rings. The van der Waals surface area contributed by atoms with E-state index in [2.05, 4.69) is 15.6 Å². The number of carbonyl (C=O) groups is 2. The molecule has 30 heavy (non-hydrogen) atoms. The maximum absolute atomic E-state index is 13.9. The van der Waals surface area contributed by atoms with Crippen molar-refractivity contribution in [3.63, 3.8) is 0 Å². The largest absolute Gasteiger partial charge is 0.353 e. The van der Waals surface area contributed by atoms with Crippen molar-refractivity contribution in [1.29, 1.82) is 0 Å². The zero-order valence-corrected chi connectivity index (χ0v) is 18.0. The molecule has 2 amide bonds. The van der Waals surface area contributed by atoms with E-state index < -0.39 is 5.82 Å². The van der Waals surface area contributed by atoms with Crippen LogP contribution in [0.5, 0.6) is 0 Å². The van der Waals surface area contributed by atoms with Crippen LogP contribution in [-0.4, -0.2) is 50.8 Å². The number of rotatable bonds is 7. The lowest BCUT2D eigenvalue weighted by molar-refractivity contribution is -0.121. The molecular weight excluding hydrogens is 409 g/mol. The molecule has 2 aromatic rings. The maximum atomic E-state index is 13.9. The molecule has 0 aliphatic heterocycles. The number of hydrogen-bond donors (Lipinski definition) is 1. The minimum Gasteiger partial charge on any atom is -0.353 e. The molecule has 9 heteroatoms. The van der Waals surface area contributed by atoms with E-state index in [9.17, 15) is 14.0 Å². The van der Waals surface area contributed by atoms with Crippen molar-refractivity contribution in [3.05, 3.63) is 46.5 Å². The summed E-state index contributed by atoms with van der Waals surface area (Å²) in [5.74, 6) is -0.820. The predicted octanol–water partition coefficient (Wildman–Crippen LogP) is 3.40. The van der Waals surface area contributed by atoms with Crippen LogP contribution in [0.25, 0.3) is 0 Å². The van der Waals surface area contributed by atoms with E-state index in [-0.39, 0.29) is 40.9 Å². The van der Waals surface area contributed by atoms with Gasteiger partial charge in [0.2, 0.25) is 5.91 Å². The lowest BCUT2D eigenvalue weighted by Gasteiger charge is -2.29. The average molecular weight is 436 g/mol. The van der Waals surface area contributed by atoms with Crippen LogP contribution in [0.4, 0.5) is 4.39 Å². The van der Waals surface area contributed by atoms with Crippen molar-refractivity contribution in [1.82, 2.24) is 25.2 Å². The Morgan fingerprint density at radius 3 is 2.57 bits per heavy atom. The molecule has 0 radical (unpaired) electrons. The molecule has 1 N–H and O–H groups in total. The summed E-state index contributed by atoms with van der Waals surface area (Å²) in [7, 11) is 0. The molecule has 0 atom stereocenters. The molecule has 1 aliphatic carbocycles. The number of halogens is 2. The molecule has 1 aromatic heterocycles. The number of nitrogens with one attached hydrogen (secondary N) is 1. The van der Waals surface area contributed by atoms with E-state index in [4.69, 9.17) is 11.6 Å². The quantitative estimate of drug-likeness (QED) is 0.722.